The smallest absolute Gasteiger partial charge is 0.232 e. The largest absolute Gasteiger partial charge is 0.294 e. The standard InChI is InChI=1S/C27H30N2O2S2/c1-16-10-11-32-25(16)18-12-23(31)29(20-13-27(2,3)14-21(30)24(18)20)26-19(15-28)17-8-6-4-5-7-9-22(17)33-26/h10-11,18H,4-9,12-14H2,1-3H3. The Bertz CT molecular complexity index is 1210. The van der Waals surface area contributed by atoms with Gasteiger partial charge in [0, 0.05) is 39.8 Å². The molecule has 0 bridgehead atoms. The number of nitriles is 1. The van der Waals surface area contributed by atoms with Gasteiger partial charge >= 0.3 is 0 Å². The number of hydrogen-bond donors (Lipinski definition) is 0. The molecule has 2 aliphatic carbocycles. The zero-order valence-electron chi connectivity index (χ0n) is 19.6. The molecule has 0 N–H and O–H groups in total. The minimum absolute atomic E-state index is 0.0165. The Hall–Kier alpha value is -2.23. The van der Waals surface area contributed by atoms with Crippen molar-refractivity contribution in [3.8, 4) is 6.07 Å². The number of carbonyl (C=O) groups excluding carboxylic acids is 2. The van der Waals surface area contributed by atoms with Gasteiger partial charge in [0.1, 0.15) is 11.1 Å². The van der Waals surface area contributed by atoms with Gasteiger partial charge in [0.2, 0.25) is 5.91 Å². The molecule has 0 saturated heterocycles. The Morgan fingerprint density at radius 1 is 1.12 bits per heavy atom. The van der Waals surface area contributed by atoms with Crippen molar-refractivity contribution in [2.24, 2.45) is 5.41 Å². The zero-order valence-corrected chi connectivity index (χ0v) is 21.3. The highest BCUT2D eigenvalue weighted by Gasteiger charge is 2.46. The summed E-state index contributed by atoms with van der Waals surface area (Å²) in [5, 5.41) is 13.0. The summed E-state index contributed by atoms with van der Waals surface area (Å²) in [4.78, 5) is 31.5. The van der Waals surface area contributed by atoms with E-state index in [9.17, 15) is 14.9 Å². The van der Waals surface area contributed by atoms with E-state index in [2.05, 4.69) is 32.9 Å². The summed E-state index contributed by atoms with van der Waals surface area (Å²) >= 11 is 3.26. The molecule has 33 heavy (non-hydrogen) atoms. The van der Waals surface area contributed by atoms with Crippen molar-refractivity contribution in [1.29, 1.82) is 5.26 Å². The normalized spacial score (nSPS) is 23.0. The topological polar surface area (TPSA) is 61.2 Å². The number of carbonyl (C=O) groups is 2. The second kappa shape index (κ2) is 8.52. The lowest BCUT2D eigenvalue weighted by atomic mass is 9.70. The Morgan fingerprint density at radius 2 is 1.88 bits per heavy atom. The summed E-state index contributed by atoms with van der Waals surface area (Å²) in [7, 11) is 0. The van der Waals surface area contributed by atoms with Gasteiger partial charge in [0.05, 0.1) is 5.56 Å². The molecular weight excluding hydrogens is 448 g/mol. The van der Waals surface area contributed by atoms with Crippen molar-refractivity contribution in [3.05, 3.63) is 49.2 Å². The van der Waals surface area contributed by atoms with Crippen molar-refractivity contribution in [1.82, 2.24) is 0 Å². The lowest BCUT2D eigenvalue weighted by Crippen LogP contribution is -2.43. The van der Waals surface area contributed by atoms with Gasteiger partial charge in [0.25, 0.3) is 0 Å². The molecule has 1 aliphatic heterocycles. The van der Waals surface area contributed by atoms with Crippen LogP contribution in [0.25, 0.3) is 0 Å². The first-order valence-electron chi connectivity index (χ1n) is 12.0. The van der Waals surface area contributed by atoms with Crippen molar-refractivity contribution in [2.75, 3.05) is 4.90 Å². The van der Waals surface area contributed by atoms with E-state index in [4.69, 9.17) is 0 Å². The van der Waals surface area contributed by atoms with E-state index in [0.29, 0.717) is 24.8 Å². The third kappa shape index (κ3) is 3.90. The SMILES string of the molecule is Cc1ccsc1C1CC(=O)N(c2sc3c(c2C#N)CCCCCC3)C2=C1C(=O)CC(C)(C)C2. The van der Waals surface area contributed by atoms with E-state index in [1.54, 1.807) is 27.6 Å². The van der Waals surface area contributed by atoms with Gasteiger partial charge in [-0.25, -0.2) is 0 Å². The summed E-state index contributed by atoms with van der Waals surface area (Å²) in [6, 6.07) is 4.53. The monoisotopic (exact) mass is 478 g/mol. The predicted molar refractivity (Wildman–Crippen MR) is 134 cm³/mol. The maximum Gasteiger partial charge on any atom is 0.232 e. The first-order chi connectivity index (χ1) is 15.8. The highest BCUT2D eigenvalue weighted by atomic mass is 32.1. The summed E-state index contributed by atoms with van der Waals surface area (Å²) in [5.41, 5.74) is 4.40. The second-order valence-corrected chi connectivity index (χ2v) is 12.5. The number of hydrogen-bond acceptors (Lipinski definition) is 5. The molecule has 0 aromatic carbocycles. The molecule has 1 atom stereocenters. The number of anilines is 1. The Morgan fingerprint density at radius 3 is 2.58 bits per heavy atom. The molecule has 6 heteroatoms. The maximum atomic E-state index is 13.8. The number of fused-ring (bicyclic) bond motifs is 1. The molecule has 0 spiro atoms. The number of Topliss-reactive ketones (excluding diaryl/α,β-unsaturated/α-hetero) is 1. The molecule has 5 rings (SSSR count). The minimum atomic E-state index is -0.209. The molecule has 3 heterocycles. The zero-order chi connectivity index (χ0) is 23.3. The number of thiophene rings is 2. The molecule has 2 aromatic rings. The Labute approximate surface area is 203 Å². The Balaban J connectivity index is 1.70. The van der Waals surface area contributed by atoms with Crippen LogP contribution in [-0.4, -0.2) is 11.7 Å². The summed E-state index contributed by atoms with van der Waals surface area (Å²) in [6.45, 7) is 6.28. The van der Waals surface area contributed by atoms with Gasteiger partial charge in [-0.15, -0.1) is 22.7 Å². The number of amides is 1. The van der Waals surface area contributed by atoms with Gasteiger partial charge in [0.15, 0.2) is 5.78 Å². The quantitative estimate of drug-likeness (QED) is 0.476. The van der Waals surface area contributed by atoms with Crippen LogP contribution in [-0.2, 0) is 22.4 Å². The van der Waals surface area contributed by atoms with Crippen LogP contribution in [0.1, 0.15) is 91.2 Å². The van der Waals surface area contributed by atoms with Crippen LogP contribution in [0.2, 0.25) is 0 Å². The summed E-state index contributed by atoms with van der Waals surface area (Å²) < 4.78 is 0. The van der Waals surface area contributed by atoms with Gasteiger partial charge < -0.3 is 0 Å². The van der Waals surface area contributed by atoms with Crippen LogP contribution < -0.4 is 4.90 Å². The first-order valence-corrected chi connectivity index (χ1v) is 13.7. The van der Waals surface area contributed by atoms with Gasteiger partial charge in [-0.2, -0.15) is 5.26 Å². The van der Waals surface area contributed by atoms with E-state index in [0.717, 1.165) is 58.0 Å². The first kappa shape index (κ1) is 22.6. The Kier molecular flexibility index (Phi) is 5.83. The molecule has 4 nitrogen and oxygen atoms in total. The lowest BCUT2D eigenvalue weighted by Gasteiger charge is -2.42. The molecule has 1 amide bonds. The van der Waals surface area contributed by atoms with Crippen LogP contribution in [0.4, 0.5) is 5.00 Å². The van der Waals surface area contributed by atoms with E-state index < -0.39 is 0 Å². The predicted octanol–water partition coefficient (Wildman–Crippen LogP) is 6.81. The molecule has 0 saturated carbocycles. The molecule has 0 fully saturated rings. The van der Waals surface area contributed by atoms with E-state index in [-0.39, 0.29) is 23.0 Å². The van der Waals surface area contributed by atoms with Crippen molar-refractivity contribution < 1.29 is 9.59 Å². The van der Waals surface area contributed by atoms with Crippen LogP contribution in [0, 0.1) is 23.7 Å². The maximum absolute atomic E-state index is 13.8. The molecule has 2 aromatic heterocycles. The third-order valence-electron chi connectivity index (χ3n) is 7.33. The number of allylic oxidation sites excluding steroid dienone is 2. The van der Waals surface area contributed by atoms with E-state index in [1.165, 1.54) is 17.7 Å². The van der Waals surface area contributed by atoms with Gasteiger partial charge in [-0.1, -0.05) is 26.7 Å². The van der Waals surface area contributed by atoms with Crippen LogP contribution >= 0.6 is 22.7 Å². The molecule has 1 unspecified atom stereocenters. The van der Waals surface area contributed by atoms with Gasteiger partial charge in [-0.3, -0.25) is 14.5 Å². The highest BCUT2D eigenvalue weighted by molar-refractivity contribution is 7.16. The molecular formula is C27H30N2O2S2. The van der Waals surface area contributed by atoms with E-state index in [1.807, 2.05) is 5.38 Å². The number of rotatable bonds is 2. The molecule has 0 radical (unpaired) electrons. The number of ketones is 1. The number of nitrogens with zero attached hydrogens (tertiary/aromatic N) is 2. The number of aryl methyl sites for hydroxylation is 2. The average molecular weight is 479 g/mol. The van der Waals surface area contributed by atoms with Gasteiger partial charge in [-0.05, 0) is 67.0 Å². The van der Waals surface area contributed by atoms with E-state index >= 15 is 0 Å². The van der Waals surface area contributed by atoms with Crippen molar-refractivity contribution in [3.63, 3.8) is 0 Å². The molecule has 3 aliphatic rings. The highest BCUT2D eigenvalue weighted by Crippen LogP contribution is 2.51. The minimum Gasteiger partial charge on any atom is -0.294 e. The average Bonchev–Trinajstić information content (AvgIpc) is 3.29. The fourth-order valence-electron chi connectivity index (χ4n) is 5.79. The van der Waals surface area contributed by atoms with Crippen molar-refractivity contribution in [2.45, 2.75) is 84.5 Å². The fraction of sp³-hybridized carbons (Fsp3) is 0.519. The van der Waals surface area contributed by atoms with Crippen LogP contribution in [0.15, 0.2) is 22.7 Å². The summed E-state index contributed by atoms with van der Waals surface area (Å²) in [5.74, 6) is 0.00613. The fourth-order valence-corrected chi connectivity index (χ4v) is 8.21. The van der Waals surface area contributed by atoms with Crippen LogP contribution in [0.3, 0.4) is 0 Å². The lowest BCUT2D eigenvalue weighted by molar-refractivity contribution is -0.120. The second-order valence-electron chi connectivity index (χ2n) is 10.5. The third-order valence-corrected chi connectivity index (χ3v) is 9.74. The molecule has 172 valence electrons. The van der Waals surface area contributed by atoms with Crippen molar-refractivity contribution >= 4 is 39.4 Å². The van der Waals surface area contributed by atoms with Crippen LogP contribution in [0.5, 0.6) is 0 Å². The summed E-state index contributed by atoms with van der Waals surface area (Å²) in [6.07, 6.45) is 7.98.